The summed E-state index contributed by atoms with van der Waals surface area (Å²) in [5.74, 6) is 1.23. The lowest BCUT2D eigenvalue weighted by Gasteiger charge is -2.09. The maximum absolute atomic E-state index is 9.54. The highest BCUT2D eigenvalue weighted by Gasteiger charge is 2.29. The maximum atomic E-state index is 9.54. The summed E-state index contributed by atoms with van der Waals surface area (Å²) >= 11 is 0. The van der Waals surface area contributed by atoms with Crippen LogP contribution in [0, 0.1) is 5.92 Å². The molecule has 1 aromatic rings. The van der Waals surface area contributed by atoms with Crippen molar-refractivity contribution in [1.29, 1.82) is 0 Å². The van der Waals surface area contributed by atoms with Crippen LogP contribution in [0.2, 0.25) is 0 Å². The largest absolute Gasteiger partial charge is 0.391 e. The molecule has 1 aliphatic rings. The fourth-order valence-corrected chi connectivity index (χ4v) is 1.25. The molecule has 70 valence electrons. The number of anilines is 1. The van der Waals surface area contributed by atoms with Crippen LogP contribution in [0.3, 0.4) is 0 Å². The van der Waals surface area contributed by atoms with Crippen LogP contribution in [0.15, 0.2) is 18.3 Å². The van der Waals surface area contributed by atoms with E-state index >= 15 is 0 Å². The van der Waals surface area contributed by atoms with Gasteiger partial charge in [-0.15, -0.1) is 5.10 Å². The van der Waals surface area contributed by atoms with E-state index in [2.05, 4.69) is 15.5 Å². The highest BCUT2D eigenvalue weighted by atomic mass is 16.3. The molecule has 13 heavy (non-hydrogen) atoms. The lowest BCUT2D eigenvalue weighted by Crippen LogP contribution is -2.21. The highest BCUT2D eigenvalue weighted by molar-refractivity contribution is 5.31. The minimum Gasteiger partial charge on any atom is -0.391 e. The van der Waals surface area contributed by atoms with Gasteiger partial charge in [-0.05, 0) is 30.9 Å². The van der Waals surface area contributed by atoms with Crippen LogP contribution in [0.5, 0.6) is 0 Å². The third kappa shape index (κ3) is 2.39. The van der Waals surface area contributed by atoms with Crippen molar-refractivity contribution in [3.8, 4) is 0 Å². The first-order valence-electron chi connectivity index (χ1n) is 4.56. The van der Waals surface area contributed by atoms with Gasteiger partial charge in [0.1, 0.15) is 5.82 Å². The van der Waals surface area contributed by atoms with Crippen LogP contribution in [-0.4, -0.2) is 28.0 Å². The molecule has 1 fully saturated rings. The molecule has 0 amide bonds. The van der Waals surface area contributed by atoms with Gasteiger partial charge in [-0.1, -0.05) is 0 Å². The van der Waals surface area contributed by atoms with Crippen molar-refractivity contribution >= 4 is 5.82 Å². The second kappa shape index (κ2) is 3.70. The van der Waals surface area contributed by atoms with Crippen LogP contribution < -0.4 is 5.32 Å². The molecule has 2 N–H and O–H groups in total. The average Bonchev–Trinajstić information content (AvgIpc) is 2.99. The van der Waals surface area contributed by atoms with E-state index in [1.807, 2.05) is 12.1 Å². The van der Waals surface area contributed by atoms with Gasteiger partial charge in [0.25, 0.3) is 0 Å². The van der Waals surface area contributed by atoms with E-state index in [9.17, 15) is 5.11 Å². The van der Waals surface area contributed by atoms with Gasteiger partial charge in [-0.25, -0.2) is 0 Å². The molecule has 0 saturated heterocycles. The molecule has 0 aromatic carbocycles. The van der Waals surface area contributed by atoms with Crippen LogP contribution in [-0.2, 0) is 0 Å². The van der Waals surface area contributed by atoms with E-state index < -0.39 is 0 Å². The Morgan fingerprint density at radius 3 is 3.08 bits per heavy atom. The second-order valence-corrected chi connectivity index (χ2v) is 3.39. The lowest BCUT2D eigenvalue weighted by molar-refractivity contribution is 0.164. The molecule has 1 atom stereocenters. The second-order valence-electron chi connectivity index (χ2n) is 3.39. The average molecular weight is 179 g/mol. The Morgan fingerprint density at radius 2 is 2.46 bits per heavy atom. The normalized spacial score (nSPS) is 18.2. The first-order chi connectivity index (χ1) is 6.36. The number of aromatic nitrogens is 2. The van der Waals surface area contributed by atoms with Gasteiger partial charge in [0.15, 0.2) is 0 Å². The molecule has 0 spiro atoms. The van der Waals surface area contributed by atoms with Crippen LogP contribution in [0.1, 0.15) is 12.8 Å². The predicted molar refractivity (Wildman–Crippen MR) is 49.3 cm³/mol. The molecular weight excluding hydrogens is 166 g/mol. The molecule has 4 nitrogen and oxygen atoms in total. The zero-order valence-electron chi connectivity index (χ0n) is 7.35. The Balaban J connectivity index is 1.78. The van der Waals surface area contributed by atoms with Gasteiger partial charge in [0.2, 0.25) is 0 Å². The van der Waals surface area contributed by atoms with Gasteiger partial charge in [-0.2, -0.15) is 5.10 Å². The molecule has 0 aliphatic heterocycles. The van der Waals surface area contributed by atoms with Crippen molar-refractivity contribution < 1.29 is 5.11 Å². The Bertz CT molecular complexity index is 261. The van der Waals surface area contributed by atoms with E-state index in [4.69, 9.17) is 0 Å². The molecule has 1 heterocycles. The molecule has 1 unspecified atom stereocenters. The summed E-state index contributed by atoms with van der Waals surface area (Å²) in [5, 5.41) is 20.2. The molecule has 0 bridgehead atoms. The molecule has 1 aliphatic carbocycles. The van der Waals surface area contributed by atoms with E-state index in [0.717, 1.165) is 18.7 Å². The fraction of sp³-hybridized carbons (Fsp3) is 0.556. The first kappa shape index (κ1) is 8.44. The Hall–Kier alpha value is -1.16. The fourth-order valence-electron chi connectivity index (χ4n) is 1.25. The third-order valence-corrected chi connectivity index (χ3v) is 2.23. The van der Waals surface area contributed by atoms with Gasteiger partial charge in [-0.3, -0.25) is 0 Å². The van der Waals surface area contributed by atoms with Crippen molar-refractivity contribution in [3.05, 3.63) is 18.3 Å². The molecular formula is C9H13N3O. The van der Waals surface area contributed by atoms with Gasteiger partial charge >= 0.3 is 0 Å². The van der Waals surface area contributed by atoms with Crippen molar-refractivity contribution in [2.75, 3.05) is 11.9 Å². The van der Waals surface area contributed by atoms with Crippen LogP contribution in [0.25, 0.3) is 0 Å². The molecule has 0 radical (unpaired) electrons. The first-order valence-corrected chi connectivity index (χ1v) is 4.56. The summed E-state index contributed by atoms with van der Waals surface area (Å²) in [5.41, 5.74) is 0. The van der Waals surface area contributed by atoms with Gasteiger partial charge in [0, 0.05) is 12.7 Å². The third-order valence-electron chi connectivity index (χ3n) is 2.23. The lowest BCUT2D eigenvalue weighted by atomic mass is 10.2. The smallest absolute Gasteiger partial charge is 0.148 e. The summed E-state index contributed by atoms with van der Waals surface area (Å²) in [7, 11) is 0. The van der Waals surface area contributed by atoms with Crippen molar-refractivity contribution in [2.45, 2.75) is 18.9 Å². The van der Waals surface area contributed by atoms with E-state index in [0.29, 0.717) is 12.5 Å². The van der Waals surface area contributed by atoms with Gasteiger partial charge < -0.3 is 10.4 Å². The zero-order valence-corrected chi connectivity index (χ0v) is 7.35. The van der Waals surface area contributed by atoms with E-state index in [1.165, 1.54) is 0 Å². The summed E-state index contributed by atoms with van der Waals surface area (Å²) < 4.78 is 0. The molecule has 2 rings (SSSR count). The number of rotatable bonds is 4. The molecule has 4 heteroatoms. The zero-order chi connectivity index (χ0) is 9.10. The highest BCUT2D eigenvalue weighted by Crippen LogP contribution is 2.32. The van der Waals surface area contributed by atoms with Gasteiger partial charge in [0.05, 0.1) is 6.10 Å². The minimum absolute atomic E-state index is 0.234. The Labute approximate surface area is 77.0 Å². The topological polar surface area (TPSA) is 58.0 Å². The number of hydrogen-bond donors (Lipinski definition) is 2. The summed E-state index contributed by atoms with van der Waals surface area (Å²) in [4.78, 5) is 0. The molecule has 1 aromatic heterocycles. The molecule has 1 saturated carbocycles. The quantitative estimate of drug-likeness (QED) is 0.713. The van der Waals surface area contributed by atoms with Crippen molar-refractivity contribution in [1.82, 2.24) is 10.2 Å². The standard InChI is InChI=1S/C9H13N3O/c13-8(7-3-4-7)6-10-9-2-1-5-11-12-9/h1-2,5,7-8,13H,3-4,6H2,(H,10,12). The van der Waals surface area contributed by atoms with Crippen molar-refractivity contribution in [3.63, 3.8) is 0 Å². The summed E-state index contributed by atoms with van der Waals surface area (Å²) in [6.07, 6.45) is 3.71. The van der Waals surface area contributed by atoms with Crippen LogP contribution >= 0.6 is 0 Å². The number of hydrogen-bond acceptors (Lipinski definition) is 4. The van der Waals surface area contributed by atoms with E-state index in [1.54, 1.807) is 6.20 Å². The summed E-state index contributed by atoms with van der Waals surface area (Å²) in [6.45, 7) is 0.573. The van der Waals surface area contributed by atoms with Crippen molar-refractivity contribution in [2.24, 2.45) is 5.92 Å². The number of nitrogens with zero attached hydrogens (tertiary/aromatic N) is 2. The number of aliphatic hydroxyl groups is 1. The monoisotopic (exact) mass is 179 g/mol. The SMILES string of the molecule is OC(CNc1cccnn1)C1CC1. The minimum atomic E-state index is -0.234. The van der Waals surface area contributed by atoms with E-state index in [-0.39, 0.29) is 6.10 Å². The van der Waals surface area contributed by atoms with Crippen LogP contribution in [0.4, 0.5) is 5.82 Å². The number of aliphatic hydroxyl groups excluding tert-OH is 1. The number of nitrogens with one attached hydrogen (secondary N) is 1. The maximum Gasteiger partial charge on any atom is 0.148 e. The Kier molecular flexibility index (Phi) is 2.40. The Morgan fingerprint density at radius 1 is 1.62 bits per heavy atom. The summed E-state index contributed by atoms with van der Waals surface area (Å²) in [6, 6.07) is 3.66. The predicted octanol–water partition coefficient (Wildman–Crippen LogP) is 0.659.